The molecular formula is C12H15ClN2O2. The number of rotatable bonds is 3. The van der Waals surface area contributed by atoms with Gasteiger partial charge in [-0.3, -0.25) is 4.79 Å². The normalized spacial score (nSPS) is 16.5. The van der Waals surface area contributed by atoms with Gasteiger partial charge in [0.05, 0.1) is 23.4 Å². The van der Waals surface area contributed by atoms with Crippen LogP contribution in [0.25, 0.3) is 0 Å². The maximum atomic E-state index is 12.0. The summed E-state index contributed by atoms with van der Waals surface area (Å²) in [7, 11) is 3.25. The van der Waals surface area contributed by atoms with Gasteiger partial charge in [0.25, 0.3) is 0 Å². The number of amides is 1. The van der Waals surface area contributed by atoms with Crippen LogP contribution in [0.5, 0.6) is 5.75 Å². The van der Waals surface area contributed by atoms with E-state index >= 15 is 0 Å². The highest BCUT2D eigenvalue weighted by Gasteiger charge is 2.47. The molecule has 1 aromatic carbocycles. The first-order valence-corrected chi connectivity index (χ1v) is 5.76. The third-order valence-electron chi connectivity index (χ3n) is 3.04. The van der Waals surface area contributed by atoms with Gasteiger partial charge in [0.15, 0.2) is 0 Å². The molecule has 1 aromatic rings. The minimum atomic E-state index is -0.683. The molecule has 0 aromatic heterocycles. The Morgan fingerprint density at radius 2 is 2.18 bits per heavy atom. The van der Waals surface area contributed by atoms with Crippen molar-refractivity contribution in [2.24, 2.45) is 5.73 Å². The number of methoxy groups -OCH3 is 1. The van der Waals surface area contributed by atoms with E-state index in [1.165, 1.54) is 4.90 Å². The van der Waals surface area contributed by atoms with Gasteiger partial charge in [0.1, 0.15) is 5.75 Å². The number of likely N-dealkylation sites (N-methyl/N-ethyl adjacent to an activating group) is 1. The summed E-state index contributed by atoms with van der Waals surface area (Å²) < 4.78 is 5.06. The van der Waals surface area contributed by atoms with E-state index in [0.717, 1.165) is 12.8 Å². The highest BCUT2D eigenvalue weighted by atomic mass is 35.5. The molecule has 5 heteroatoms. The molecule has 0 atom stereocenters. The van der Waals surface area contributed by atoms with E-state index in [-0.39, 0.29) is 5.91 Å². The van der Waals surface area contributed by atoms with Crippen LogP contribution in [0, 0.1) is 0 Å². The monoisotopic (exact) mass is 254 g/mol. The van der Waals surface area contributed by atoms with Gasteiger partial charge >= 0.3 is 0 Å². The maximum absolute atomic E-state index is 12.0. The summed E-state index contributed by atoms with van der Waals surface area (Å²) in [6.07, 6.45) is 1.48. The Labute approximate surface area is 105 Å². The molecule has 1 saturated carbocycles. The summed E-state index contributed by atoms with van der Waals surface area (Å²) >= 11 is 6.10. The number of ether oxygens (including phenoxy) is 1. The summed E-state index contributed by atoms with van der Waals surface area (Å²) in [5.74, 6) is 0.568. The van der Waals surface area contributed by atoms with E-state index in [4.69, 9.17) is 22.1 Å². The van der Waals surface area contributed by atoms with E-state index in [1.807, 2.05) is 0 Å². The van der Waals surface area contributed by atoms with Crippen molar-refractivity contribution in [3.05, 3.63) is 23.2 Å². The molecule has 0 unspecified atom stereocenters. The lowest BCUT2D eigenvalue weighted by Gasteiger charge is -2.22. The minimum Gasteiger partial charge on any atom is -0.497 e. The van der Waals surface area contributed by atoms with Crippen LogP contribution in [0.15, 0.2) is 18.2 Å². The Balaban J connectivity index is 2.25. The smallest absolute Gasteiger partial charge is 0.246 e. The van der Waals surface area contributed by atoms with E-state index in [9.17, 15) is 4.79 Å². The Morgan fingerprint density at radius 3 is 2.65 bits per heavy atom. The molecule has 0 saturated heterocycles. The van der Waals surface area contributed by atoms with Gasteiger partial charge < -0.3 is 15.4 Å². The second kappa shape index (κ2) is 4.20. The topological polar surface area (TPSA) is 55.6 Å². The number of nitrogens with two attached hydrogens (primary N) is 1. The van der Waals surface area contributed by atoms with Crippen LogP contribution in [0.4, 0.5) is 5.69 Å². The second-order valence-electron chi connectivity index (χ2n) is 4.34. The van der Waals surface area contributed by atoms with E-state index in [1.54, 1.807) is 32.4 Å². The van der Waals surface area contributed by atoms with Crippen LogP contribution in [0.3, 0.4) is 0 Å². The molecule has 0 bridgehead atoms. The van der Waals surface area contributed by atoms with Crippen LogP contribution in [-0.2, 0) is 4.79 Å². The second-order valence-corrected chi connectivity index (χ2v) is 4.74. The minimum absolute atomic E-state index is 0.0930. The lowest BCUT2D eigenvalue weighted by Crippen LogP contribution is -2.44. The lowest BCUT2D eigenvalue weighted by atomic mass is 10.2. The molecule has 17 heavy (non-hydrogen) atoms. The fourth-order valence-corrected chi connectivity index (χ4v) is 1.98. The van der Waals surface area contributed by atoms with Crippen molar-refractivity contribution in [3.63, 3.8) is 0 Å². The zero-order chi connectivity index (χ0) is 12.6. The van der Waals surface area contributed by atoms with Crippen LogP contribution < -0.4 is 15.4 Å². The molecule has 0 spiro atoms. The maximum Gasteiger partial charge on any atom is 0.246 e. The van der Waals surface area contributed by atoms with Gasteiger partial charge in [0.2, 0.25) is 5.91 Å². The number of halogens is 1. The van der Waals surface area contributed by atoms with Crippen LogP contribution in [0.1, 0.15) is 12.8 Å². The van der Waals surface area contributed by atoms with E-state index in [0.29, 0.717) is 16.5 Å². The molecule has 92 valence electrons. The van der Waals surface area contributed by atoms with Crippen LogP contribution in [0.2, 0.25) is 5.02 Å². The first-order valence-electron chi connectivity index (χ1n) is 5.38. The summed E-state index contributed by atoms with van der Waals surface area (Å²) in [6, 6.07) is 5.20. The van der Waals surface area contributed by atoms with Gasteiger partial charge in [-0.15, -0.1) is 0 Å². The average molecular weight is 255 g/mol. The zero-order valence-electron chi connectivity index (χ0n) is 9.87. The summed E-state index contributed by atoms with van der Waals surface area (Å²) in [5, 5.41) is 0.476. The van der Waals surface area contributed by atoms with Gasteiger partial charge in [-0.1, -0.05) is 11.6 Å². The summed E-state index contributed by atoms with van der Waals surface area (Å²) in [4.78, 5) is 13.6. The van der Waals surface area contributed by atoms with E-state index in [2.05, 4.69) is 0 Å². The van der Waals surface area contributed by atoms with E-state index < -0.39 is 5.54 Å². The average Bonchev–Trinajstić information content (AvgIpc) is 3.06. The standard InChI is InChI=1S/C12H15ClN2O2/c1-15(11(16)12(14)5-6-12)10-4-3-8(17-2)7-9(10)13/h3-4,7H,5-6,14H2,1-2H3. The largest absolute Gasteiger partial charge is 0.497 e. The molecule has 4 nitrogen and oxygen atoms in total. The quantitative estimate of drug-likeness (QED) is 0.895. The number of anilines is 1. The van der Waals surface area contributed by atoms with Crippen molar-refractivity contribution >= 4 is 23.2 Å². The Morgan fingerprint density at radius 1 is 1.53 bits per heavy atom. The third-order valence-corrected chi connectivity index (χ3v) is 3.34. The zero-order valence-corrected chi connectivity index (χ0v) is 10.6. The van der Waals surface area contributed by atoms with Gasteiger partial charge in [-0.05, 0) is 25.0 Å². The Hall–Kier alpha value is -1.26. The molecular weight excluding hydrogens is 240 g/mol. The molecule has 1 amide bonds. The van der Waals surface area contributed by atoms with Crippen molar-refractivity contribution in [1.29, 1.82) is 0 Å². The molecule has 2 rings (SSSR count). The number of hydrogen-bond acceptors (Lipinski definition) is 3. The first-order chi connectivity index (χ1) is 7.98. The molecule has 2 N–H and O–H groups in total. The van der Waals surface area contributed by atoms with Gasteiger partial charge in [-0.2, -0.15) is 0 Å². The van der Waals surface area contributed by atoms with Crippen molar-refractivity contribution in [3.8, 4) is 5.75 Å². The Bertz CT molecular complexity index is 458. The fourth-order valence-electron chi connectivity index (χ4n) is 1.68. The van der Waals surface area contributed by atoms with Crippen molar-refractivity contribution in [2.75, 3.05) is 19.1 Å². The number of benzene rings is 1. The number of carbonyl (C=O) groups excluding carboxylic acids is 1. The fraction of sp³-hybridized carbons (Fsp3) is 0.417. The molecule has 0 aliphatic heterocycles. The number of nitrogens with zero attached hydrogens (tertiary/aromatic N) is 1. The van der Waals surface area contributed by atoms with Crippen LogP contribution >= 0.6 is 11.6 Å². The number of hydrogen-bond donors (Lipinski definition) is 1. The SMILES string of the molecule is COc1ccc(N(C)C(=O)C2(N)CC2)c(Cl)c1. The van der Waals surface area contributed by atoms with Gasteiger partial charge in [-0.25, -0.2) is 0 Å². The highest BCUT2D eigenvalue weighted by molar-refractivity contribution is 6.34. The van der Waals surface area contributed by atoms with Crippen molar-refractivity contribution in [1.82, 2.24) is 0 Å². The molecule has 1 fully saturated rings. The summed E-state index contributed by atoms with van der Waals surface area (Å²) in [5.41, 5.74) is 5.84. The molecule has 0 radical (unpaired) electrons. The highest BCUT2D eigenvalue weighted by Crippen LogP contribution is 2.37. The molecule has 1 aliphatic carbocycles. The first kappa shape index (κ1) is 12.2. The number of carbonyl (C=O) groups is 1. The van der Waals surface area contributed by atoms with Crippen LogP contribution in [-0.4, -0.2) is 25.6 Å². The lowest BCUT2D eigenvalue weighted by molar-refractivity contribution is -0.120. The summed E-state index contributed by atoms with van der Waals surface area (Å²) in [6.45, 7) is 0. The van der Waals surface area contributed by atoms with Gasteiger partial charge in [0, 0.05) is 13.1 Å². The predicted octanol–water partition coefficient (Wildman–Crippen LogP) is 1.80. The molecule has 0 heterocycles. The molecule has 1 aliphatic rings. The van der Waals surface area contributed by atoms with Crippen molar-refractivity contribution < 1.29 is 9.53 Å². The Kier molecular flexibility index (Phi) is 3.02. The third kappa shape index (κ3) is 2.23. The predicted molar refractivity (Wildman–Crippen MR) is 67.6 cm³/mol. The van der Waals surface area contributed by atoms with Crippen molar-refractivity contribution in [2.45, 2.75) is 18.4 Å².